The summed E-state index contributed by atoms with van der Waals surface area (Å²) < 4.78 is 11.3. The second-order valence-corrected chi connectivity index (χ2v) is 8.63. The first-order valence-corrected chi connectivity index (χ1v) is 11.2. The van der Waals surface area contributed by atoms with Crippen molar-refractivity contribution in [1.82, 2.24) is 0 Å². The molecule has 3 nitrogen and oxygen atoms in total. The van der Waals surface area contributed by atoms with Crippen molar-refractivity contribution in [3.8, 4) is 11.5 Å². The van der Waals surface area contributed by atoms with E-state index >= 15 is 0 Å². The van der Waals surface area contributed by atoms with Crippen LogP contribution in [0.3, 0.4) is 0 Å². The van der Waals surface area contributed by atoms with Crippen LogP contribution in [0.2, 0.25) is 5.02 Å². The fraction of sp³-hybridized carbons (Fsp3) is 0.435. The van der Waals surface area contributed by atoms with Gasteiger partial charge in [0.15, 0.2) is 5.52 Å². The van der Waals surface area contributed by atoms with E-state index in [0.29, 0.717) is 22.3 Å². The molecule has 2 atom stereocenters. The third-order valence-electron chi connectivity index (χ3n) is 4.90. The molecule has 0 fully saturated rings. The van der Waals surface area contributed by atoms with Crippen LogP contribution in [0.4, 0.5) is 0 Å². The molecule has 2 aromatic carbocycles. The molecule has 0 saturated carbocycles. The van der Waals surface area contributed by atoms with Crippen molar-refractivity contribution in [2.24, 2.45) is 5.92 Å². The summed E-state index contributed by atoms with van der Waals surface area (Å²) in [5, 5.41) is 1.42. The van der Waals surface area contributed by atoms with Crippen LogP contribution < -0.4 is 14.8 Å². The number of unbranched alkanes of at least 4 members (excludes halogenated alkanes) is 1. The molecule has 2 aromatic rings. The fourth-order valence-corrected chi connectivity index (χ4v) is 4.45. The molecule has 0 amide bonds. The van der Waals surface area contributed by atoms with Crippen molar-refractivity contribution in [2.45, 2.75) is 46.5 Å². The number of halogens is 1. The minimum absolute atomic E-state index is 0. The number of hydrogen-bond acceptors (Lipinski definition) is 3. The molecule has 0 radical (unpaired) electrons. The fourth-order valence-electron chi connectivity index (χ4n) is 3.06. The van der Waals surface area contributed by atoms with Gasteiger partial charge in [0.2, 0.25) is 0 Å². The van der Waals surface area contributed by atoms with Gasteiger partial charge < -0.3 is 9.47 Å². The number of methoxy groups -OCH3 is 1. The second kappa shape index (κ2) is 13.4. The molecule has 0 aliphatic rings. The van der Waals surface area contributed by atoms with Crippen LogP contribution in [0.5, 0.6) is 11.5 Å². The van der Waals surface area contributed by atoms with Gasteiger partial charge in [0.05, 0.1) is 24.3 Å². The first kappa shape index (κ1) is 26.1. The molecule has 0 bridgehead atoms. The molecule has 154 valence electrons. The van der Waals surface area contributed by atoms with Gasteiger partial charge in [-0.15, -0.1) is 0 Å². The van der Waals surface area contributed by atoms with Gasteiger partial charge in [-0.25, -0.2) is 0 Å². The number of hydrogen-bond donors (Lipinski definition) is 0. The van der Waals surface area contributed by atoms with Crippen LogP contribution in [0.1, 0.15) is 55.5 Å². The Balaban J connectivity index is 0.00000420. The van der Waals surface area contributed by atoms with Crippen molar-refractivity contribution in [1.29, 1.82) is 0 Å². The van der Waals surface area contributed by atoms with Crippen LogP contribution >= 0.6 is 20.2 Å². The van der Waals surface area contributed by atoms with Gasteiger partial charge in [0.1, 0.15) is 11.5 Å². The molecule has 0 aliphatic heterocycles. The van der Waals surface area contributed by atoms with Gasteiger partial charge in [-0.05, 0) is 63.0 Å². The molecule has 29 heavy (non-hydrogen) atoms. The van der Waals surface area contributed by atoms with Crippen LogP contribution in [0, 0.1) is 12.8 Å². The van der Waals surface area contributed by atoms with Gasteiger partial charge >= 0.3 is 18.9 Å². The zero-order valence-electron chi connectivity index (χ0n) is 17.2. The summed E-state index contributed by atoms with van der Waals surface area (Å²) in [5.41, 5.74) is 1.48. The Morgan fingerprint density at radius 3 is 2.59 bits per heavy atom. The van der Waals surface area contributed by atoms with Gasteiger partial charge in [0, 0.05) is 0 Å². The average molecular weight is 429 g/mol. The number of carbonyl (C=O) groups is 1. The molecule has 6 heteroatoms. The van der Waals surface area contributed by atoms with Gasteiger partial charge in [-0.3, -0.25) is 4.79 Å². The Morgan fingerprint density at radius 1 is 1.21 bits per heavy atom. The van der Waals surface area contributed by atoms with Crippen LogP contribution in [-0.2, 0) is 0 Å². The van der Waals surface area contributed by atoms with Gasteiger partial charge in [-0.1, -0.05) is 56.8 Å². The van der Waals surface area contributed by atoms with E-state index in [-0.39, 0.29) is 33.0 Å². The number of ether oxygens (including phenoxy) is 2. The van der Waals surface area contributed by atoms with Crippen LogP contribution in [0.25, 0.3) is 0 Å². The standard InChI is InChI=1S/C23H30ClO3P.Li.H/c1-5-7-9-17(6-2)15-27-18-12-13-21(16(3)14-18)28-23(25)22-19(24)10-8-11-20(22)26-4;;/h8,10-14,17,28H,5-7,9,15H2,1-4H3;;. The van der Waals surface area contributed by atoms with Gasteiger partial charge in [-0.2, -0.15) is 0 Å². The molecule has 2 unspecified atom stereocenters. The van der Waals surface area contributed by atoms with E-state index in [1.165, 1.54) is 19.3 Å². The molecule has 0 heterocycles. The summed E-state index contributed by atoms with van der Waals surface area (Å²) in [6.45, 7) is 7.19. The number of aryl methyl sites for hydroxylation is 1. The van der Waals surface area contributed by atoms with Crippen molar-refractivity contribution in [2.75, 3.05) is 13.7 Å². The second-order valence-electron chi connectivity index (χ2n) is 6.98. The number of benzene rings is 2. The minimum atomic E-state index is -0.0233. The Labute approximate surface area is 193 Å². The van der Waals surface area contributed by atoms with E-state index in [0.717, 1.165) is 29.6 Å². The Morgan fingerprint density at radius 2 is 1.97 bits per heavy atom. The monoisotopic (exact) mass is 428 g/mol. The quantitative estimate of drug-likeness (QED) is 0.338. The number of rotatable bonds is 11. The van der Waals surface area contributed by atoms with Crippen LogP contribution in [-0.4, -0.2) is 38.1 Å². The van der Waals surface area contributed by atoms with E-state index in [1.54, 1.807) is 25.3 Å². The third-order valence-corrected chi connectivity index (χ3v) is 6.52. The van der Waals surface area contributed by atoms with Crippen molar-refractivity contribution >= 4 is 49.9 Å². The zero-order chi connectivity index (χ0) is 20.5. The summed E-state index contributed by atoms with van der Waals surface area (Å²) in [6.07, 6.45) is 4.80. The summed E-state index contributed by atoms with van der Waals surface area (Å²) >= 11 is 6.24. The van der Waals surface area contributed by atoms with E-state index in [9.17, 15) is 4.79 Å². The Kier molecular flexibility index (Phi) is 12.0. The predicted molar refractivity (Wildman–Crippen MR) is 127 cm³/mol. The van der Waals surface area contributed by atoms with Crippen molar-refractivity contribution < 1.29 is 14.3 Å². The van der Waals surface area contributed by atoms with Crippen molar-refractivity contribution in [3.63, 3.8) is 0 Å². The normalized spacial score (nSPS) is 11.9. The molecule has 0 N–H and O–H groups in total. The van der Waals surface area contributed by atoms with Crippen molar-refractivity contribution in [3.05, 3.63) is 52.5 Å². The maximum atomic E-state index is 12.8. The molecule has 0 aromatic heterocycles. The molecule has 0 aliphatic carbocycles. The molecule has 0 saturated heterocycles. The molecular weight excluding hydrogens is 398 g/mol. The summed E-state index contributed by atoms with van der Waals surface area (Å²) in [4.78, 5) is 12.8. The average Bonchev–Trinajstić information content (AvgIpc) is 2.69. The zero-order valence-corrected chi connectivity index (χ0v) is 18.9. The Hall–Kier alpha value is -0.973. The summed E-state index contributed by atoms with van der Waals surface area (Å²) in [7, 11) is 1.53. The van der Waals surface area contributed by atoms with E-state index in [4.69, 9.17) is 21.1 Å². The first-order chi connectivity index (χ1) is 13.5. The first-order valence-electron chi connectivity index (χ1n) is 9.87. The third kappa shape index (κ3) is 7.65. The maximum absolute atomic E-state index is 12.8. The van der Waals surface area contributed by atoms with Crippen LogP contribution in [0.15, 0.2) is 36.4 Å². The summed E-state index contributed by atoms with van der Waals surface area (Å²) in [5.74, 6) is 1.97. The molecule has 0 spiro atoms. The van der Waals surface area contributed by atoms with Gasteiger partial charge in [0.25, 0.3) is 0 Å². The number of carbonyl (C=O) groups excluding carboxylic acids is 1. The SMILES string of the molecule is CCCCC(CC)COc1ccc(PC(=O)c2c(Cl)cccc2OC)c(C)c1.[LiH]. The van der Waals surface area contributed by atoms with E-state index < -0.39 is 0 Å². The van der Waals surface area contributed by atoms with E-state index in [1.807, 2.05) is 25.1 Å². The van der Waals surface area contributed by atoms with E-state index in [2.05, 4.69) is 13.8 Å². The molecular formula is C23H31ClLiO3P. The summed E-state index contributed by atoms with van der Waals surface area (Å²) in [6, 6.07) is 11.2. The Bertz CT molecular complexity index is 798. The topological polar surface area (TPSA) is 35.5 Å². The predicted octanol–water partition coefficient (Wildman–Crippen LogP) is 5.75. The molecule has 2 rings (SSSR count).